The van der Waals surface area contributed by atoms with Crippen molar-refractivity contribution in [3.63, 3.8) is 0 Å². The van der Waals surface area contributed by atoms with Crippen LogP contribution in [0.15, 0.2) is 18.3 Å². The maximum Gasteiger partial charge on any atom is 0.318 e. The maximum atomic E-state index is 12.9. The van der Waals surface area contributed by atoms with Crippen molar-refractivity contribution in [1.29, 1.82) is 0 Å². The van der Waals surface area contributed by atoms with E-state index in [2.05, 4.69) is 22.1 Å². The summed E-state index contributed by atoms with van der Waals surface area (Å²) in [5.74, 6) is 2.12. The van der Waals surface area contributed by atoms with E-state index < -0.39 is 0 Å². The first-order chi connectivity index (χ1) is 11.6. The third-order valence-electron chi connectivity index (χ3n) is 4.73. The minimum absolute atomic E-state index is 0.0180. The number of aryl methyl sites for hydroxylation is 1. The van der Waals surface area contributed by atoms with Crippen molar-refractivity contribution in [2.75, 3.05) is 18.1 Å². The number of rotatable bonds is 7. The third kappa shape index (κ3) is 5.69. The molecule has 1 heterocycles. The molecule has 1 N–H and O–H groups in total. The highest BCUT2D eigenvalue weighted by Gasteiger charge is 2.26. The summed E-state index contributed by atoms with van der Waals surface area (Å²) >= 11 is 1.90. The zero-order chi connectivity index (χ0) is 17.4. The lowest BCUT2D eigenvalue weighted by molar-refractivity contribution is 0.158. The summed E-state index contributed by atoms with van der Waals surface area (Å²) in [6.45, 7) is 7.02. The highest BCUT2D eigenvalue weighted by Crippen LogP contribution is 2.23. The van der Waals surface area contributed by atoms with Gasteiger partial charge in [-0.15, -0.1) is 0 Å². The highest BCUT2D eigenvalue weighted by molar-refractivity contribution is 7.99. The summed E-state index contributed by atoms with van der Waals surface area (Å²) in [5, 5.41) is 3.18. The molecule has 1 saturated carbocycles. The number of pyridine rings is 1. The molecule has 1 fully saturated rings. The molecule has 0 bridgehead atoms. The van der Waals surface area contributed by atoms with E-state index in [1.54, 1.807) is 0 Å². The Kier molecular flexibility index (Phi) is 7.89. The van der Waals surface area contributed by atoms with Gasteiger partial charge in [0.2, 0.25) is 0 Å². The van der Waals surface area contributed by atoms with E-state index in [0.29, 0.717) is 6.04 Å². The largest absolute Gasteiger partial charge is 0.331 e. The lowest BCUT2D eigenvalue weighted by Gasteiger charge is -2.35. The predicted octanol–water partition coefficient (Wildman–Crippen LogP) is 4.55. The van der Waals surface area contributed by atoms with Crippen molar-refractivity contribution in [3.8, 4) is 0 Å². The molecule has 0 radical (unpaired) electrons. The molecule has 2 amide bonds. The van der Waals surface area contributed by atoms with Crippen molar-refractivity contribution < 1.29 is 4.79 Å². The smallest absolute Gasteiger partial charge is 0.318 e. The van der Waals surface area contributed by atoms with Gasteiger partial charge in [0.1, 0.15) is 0 Å². The Morgan fingerprint density at radius 2 is 2.12 bits per heavy atom. The Balaban J connectivity index is 1.98. The standard InChI is InChI=1S/C19H31N3OS/c1-4-24-13-12-22(18-8-6-5-7-9-18)19(23)21-16(3)17-11-10-15(2)20-14-17/h10-11,14,16,18H,4-9,12-13H2,1-3H3,(H,21,23)/t16-/m0/s1. The molecular weight excluding hydrogens is 318 g/mol. The number of hydrogen-bond donors (Lipinski definition) is 1. The first kappa shape index (κ1) is 19.1. The normalized spacial score (nSPS) is 16.6. The lowest BCUT2D eigenvalue weighted by atomic mass is 9.94. The van der Waals surface area contributed by atoms with Crippen LogP contribution >= 0.6 is 11.8 Å². The van der Waals surface area contributed by atoms with E-state index in [-0.39, 0.29) is 12.1 Å². The summed E-state index contributed by atoms with van der Waals surface area (Å²) in [6.07, 6.45) is 7.94. The van der Waals surface area contributed by atoms with Gasteiger partial charge in [-0.1, -0.05) is 32.3 Å². The SMILES string of the molecule is CCSCCN(C(=O)N[C@@H](C)c1ccc(C)nc1)C1CCCCC1. The van der Waals surface area contributed by atoms with Crippen molar-refractivity contribution in [2.24, 2.45) is 0 Å². The van der Waals surface area contributed by atoms with Crippen LogP contribution in [-0.2, 0) is 0 Å². The van der Waals surface area contributed by atoms with E-state index >= 15 is 0 Å². The average molecular weight is 350 g/mol. The van der Waals surface area contributed by atoms with Crippen LogP contribution in [0.2, 0.25) is 0 Å². The highest BCUT2D eigenvalue weighted by atomic mass is 32.2. The zero-order valence-electron chi connectivity index (χ0n) is 15.3. The number of nitrogens with zero attached hydrogens (tertiary/aromatic N) is 2. The number of urea groups is 1. The van der Waals surface area contributed by atoms with Gasteiger partial charge in [-0.25, -0.2) is 4.79 Å². The van der Waals surface area contributed by atoms with Crippen molar-refractivity contribution in [1.82, 2.24) is 15.2 Å². The van der Waals surface area contributed by atoms with Gasteiger partial charge in [-0.2, -0.15) is 11.8 Å². The monoisotopic (exact) mass is 349 g/mol. The molecule has 1 aromatic heterocycles. The van der Waals surface area contributed by atoms with Gasteiger partial charge in [0, 0.05) is 30.2 Å². The van der Waals surface area contributed by atoms with Gasteiger partial charge >= 0.3 is 6.03 Å². The second-order valence-electron chi connectivity index (χ2n) is 6.59. The molecule has 0 aliphatic heterocycles. The average Bonchev–Trinajstić information content (AvgIpc) is 2.60. The first-order valence-corrected chi connectivity index (χ1v) is 10.3. The molecule has 1 atom stereocenters. The summed E-state index contributed by atoms with van der Waals surface area (Å²) in [6, 6.07) is 4.50. The number of aromatic nitrogens is 1. The van der Waals surface area contributed by atoms with Crippen LogP contribution in [0.1, 0.15) is 63.3 Å². The molecule has 0 aromatic carbocycles. The van der Waals surface area contributed by atoms with E-state index in [4.69, 9.17) is 0 Å². The van der Waals surface area contributed by atoms with Gasteiger partial charge < -0.3 is 10.2 Å². The Morgan fingerprint density at radius 3 is 2.75 bits per heavy atom. The number of nitrogens with one attached hydrogen (secondary N) is 1. The van der Waals surface area contributed by atoms with Crippen molar-refractivity contribution in [3.05, 3.63) is 29.6 Å². The summed E-state index contributed by atoms with van der Waals surface area (Å²) in [5.41, 5.74) is 2.05. The topological polar surface area (TPSA) is 45.2 Å². The van der Waals surface area contributed by atoms with Gasteiger partial charge in [0.25, 0.3) is 0 Å². The molecule has 1 aliphatic carbocycles. The minimum atomic E-state index is -0.0180. The molecular formula is C19H31N3OS. The molecule has 1 aromatic rings. The van der Waals surface area contributed by atoms with Crippen LogP contribution in [0.4, 0.5) is 4.79 Å². The second kappa shape index (κ2) is 9.92. The van der Waals surface area contributed by atoms with Gasteiger partial charge in [0.05, 0.1) is 6.04 Å². The van der Waals surface area contributed by atoms with Crippen LogP contribution in [0.25, 0.3) is 0 Å². The predicted molar refractivity (Wildman–Crippen MR) is 102 cm³/mol. The minimum Gasteiger partial charge on any atom is -0.331 e. The van der Waals surface area contributed by atoms with Gasteiger partial charge in [0.15, 0.2) is 0 Å². The molecule has 5 heteroatoms. The molecule has 1 aliphatic rings. The lowest BCUT2D eigenvalue weighted by Crippen LogP contribution is -2.48. The Hall–Kier alpha value is -1.23. The number of carbonyl (C=O) groups excluding carboxylic acids is 1. The number of amides is 2. The van der Waals surface area contributed by atoms with Gasteiger partial charge in [-0.3, -0.25) is 4.98 Å². The fourth-order valence-corrected chi connectivity index (χ4v) is 3.85. The first-order valence-electron chi connectivity index (χ1n) is 9.19. The Bertz CT molecular complexity index is 500. The van der Waals surface area contributed by atoms with Crippen LogP contribution < -0.4 is 5.32 Å². The molecule has 4 nitrogen and oxygen atoms in total. The summed E-state index contributed by atoms with van der Waals surface area (Å²) in [4.78, 5) is 19.3. The second-order valence-corrected chi connectivity index (χ2v) is 7.98. The van der Waals surface area contributed by atoms with Crippen LogP contribution in [-0.4, -0.2) is 40.0 Å². The number of carbonyl (C=O) groups is 1. The van der Waals surface area contributed by atoms with Crippen molar-refractivity contribution >= 4 is 17.8 Å². The zero-order valence-corrected chi connectivity index (χ0v) is 16.1. The fourth-order valence-electron chi connectivity index (χ4n) is 3.24. The van der Waals surface area contributed by atoms with E-state index in [1.165, 1.54) is 19.3 Å². The molecule has 0 unspecified atom stereocenters. The maximum absolute atomic E-state index is 12.9. The molecule has 0 saturated heterocycles. The fraction of sp³-hybridized carbons (Fsp3) is 0.684. The van der Waals surface area contributed by atoms with E-state index in [9.17, 15) is 4.79 Å². The molecule has 24 heavy (non-hydrogen) atoms. The molecule has 2 rings (SSSR count). The van der Waals surface area contributed by atoms with Crippen LogP contribution in [0.5, 0.6) is 0 Å². The quantitative estimate of drug-likeness (QED) is 0.735. The van der Waals surface area contributed by atoms with Crippen molar-refractivity contribution in [2.45, 2.75) is 65.0 Å². The van der Waals surface area contributed by atoms with Crippen LogP contribution in [0.3, 0.4) is 0 Å². The van der Waals surface area contributed by atoms with Crippen LogP contribution in [0, 0.1) is 6.92 Å². The molecule has 0 spiro atoms. The number of thioether (sulfide) groups is 1. The Morgan fingerprint density at radius 1 is 1.38 bits per heavy atom. The van der Waals surface area contributed by atoms with E-state index in [0.717, 1.165) is 42.1 Å². The Labute approximate surface area is 150 Å². The van der Waals surface area contributed by atoms with Gasteiger partial charge in [-0.05, 0) is 44.1 Å². The molecule has 134 valence electrons. The van der Waals surface area contributed by atoms with E-state index in [1.807, 2.05) is 43.9 Å². The summed E-state index contributed by atoms with van der Waals surface area (Å²) in [7, 11) is 0. The summed E-state index contributed by atoms with van der Waals surface area (Å²) < 4.78 is 0. The third-order valence-corrected chi connectivity index (χ3v) is 5.61. The number of hydrogen-bond acceptors (Lipinski definition) is 3.